The number of nitrogens with one attached hydrogen (secondary N) is 2. The molecule has 0 aliphatic heterocycles. The molecule has 0 aromatic carbocycles. The number of aliphatic hydroxyl groups excluding tert-OH is 1. The van der Waals surface area contributed by atoms with E-state index < -0.39 is 0 Å². The Bertz CT molecular complexity index is 595. The van der Waals surface area contributed by atoms with Crippen molar-refractivity contribution in [2.24, 2.45) is 0 Å². The fraction of sp³-hybridized carbons (Fsp3) is 0.583. The van der Waals surface area contributed by atoms with Crippen LogP contribution in [-0.4, -0.2) is 53.5 Å². The van der Waals surface area contributed by atoms with Crippen molar-refractivity contribution in [3.63, 3.8) is 0 Å². The van der Waals surface area contributed by atoms with Crippen LogP contribution in [-0.2, 0) is 0 Å². The Kier molecular flexibility index (Phi) is 3.65. The van der Waals surface area contributed by atoms with Crippen molar-refractivity contribution in [3.8, 4) is 5.95 Å². The second-order valence-corrected chi connectivity index (χ2v) is 5.11. The highest BCUT2D eigenvalue weighted by molar-refractivity contribution is 5.41. The number of rotatable bonds is 7. The summed E-state index contributed by atoms with van der Waals surface area (Å²) < 4.78 is 1.47. The predicted octanol–water partition coefficient (Wildman–Crippen LogP) is 0.211. The number of aliphatic hydroxyl groups is 1. The van der Waals surface area contributed by atoms with Crippen LogP contribution in [0.2, 0.25) is 0 Å². The molecule has 1 fully saturated rings. The van der Waals surface area contributed by atoms with E-state index in [0.717, 1.165) is 25.8 Å². The zero-order valence-electron chi connectivity index (χ0n) is 11.8. The Morgan fingerprint density at radius 1 is 1.29 bits per heavy atom. The van der Waals surface area contributed by atoms with E-state index in [1.165, 1.54) is 17.3 Å². The quantitative estimate of drug-likeness (QED) is 0.663. The summed E-state index contributed by atoms with van der Waals surface area (Å²) in [4.78, 5) is 16.9. The van der Waals surface area contributed by atoms with E-state index in [4.69, 9.17) is 0 Å². The molecular weight excluding hydrogens is 272 g/mol. The first-order chi connectivity index (χ1) is 10.2. The Balaban J connectivity index is 1.89. The summed E-state index contributed by atoms with van der Waals surface area (Å²) in [5.41, 5.74) is -0.289. The lowest BCUT2D eigenvalue weighted by atomic mass is 10.3. The highest BCUT2D eigenvalue weighted by Gasteiger charge is 2.42. The van der Waals surface area contributed by atoms with E-state index in [1.807, 2.05) is 0 Å². The summed E-state index contributed by atoms with van der Waals surface area (Å²) in [5, 5.41) is 19.8. The van der Waals surface area contributed by atoms with Crippen molar-refractivity contribution in [1.29, 1.82) is 0 Å². The summed E-state index contributed by atoms with van der Waals surface area (Å²) >= 11 is 0. The molecule has 0 atom stereocenters. The molecule has 0 bridgehead atoms. The molecule has 21 heavy (non-hydrogen) atoms. The fourth-order valence-electron chi connectivity index (χ4n) is 1.86. The minimum atomic E-state index is -0.289. The maximum Gasteiger partial charge on any atom is 0.258 e. The molecule has 3 N–H and O–H groups in total. The molecule has 0 saturated heterocycles. The van der Waals surface area contributed by atoms with Gasteiger partial charge in [0.15, 0.2) is 0 Å². The van der Waals surface area contributed by atoms with E-state index in [1.54, 1.807) is 0 Å². The van der Waals surface area contributed by atoms with E-state index in [0.29, 0.717) is 17.8 Å². The number of nitrogens with zero attached hydrogens (tertiary/aromatic N) is 6. The molecule has 9 heteroatoms. The largest absolute Gasteiger partial charge is 0.394 e. The minimum absolute atomic E-state index is 0.0645. The van der Waals surface area contributed by atoms with Gasteiger partial charge < -0.3 is 15.7 Å². The first-order valence-corrected chi connectivity index (χ1v) is 6.99. The molecule has 1 aliphatic carbocycles. The van der Waals surface area contributed by atoms with Crippen molar-refractivity contribution >= 4 is 11.9 Å². The summed E-state index contributed by atoms with van der Waals surface area (Å²) in [5.74, 6) is 1.30. The van der Waals surface area contributed by atoms with Crippen LogP contribution in [0.1, 0.15) is 26.2 Å². The van der Waals surface area contributed by atoms with Crippen molar-refractivity contribution < 1.29 is 5.11 Å². The molecule has 2 aromatic rings. The Morgan fingerprint density at radius 2 is 2.10 bits per heavy atom. The van der Waals surface area contributed by atoms with E-state index in [-0.39, 0.29) is 12.1 Å². The lowest BCUT2D eigenvalue weighted by Gasteiger charge is -2.15. The van der Waals surface area contributed by atoms with Crippen LogP contribution in [0.5, 0.6) is 0 Å². The van der Waals surface area contributed by atoms with Gasteiger partial charge in [-0.05, 0) is 19.3 Å². The monoisotopic (exact) mass is 290 g/mol. The van der Waals surface area contributed by atoms with Gasteiger partial charge in [-0.15, -0.1) is 0 Å². The maximum absolute atomic E-state index is 9.40. The molecule has 2 aromatic heterocycles. The lowest BCUT2D eigenvalue weighted by molar-refractivity contribution is 0.265. The number of aromatic nitrogens is 6. The van der Waals surface area contributed by atoms with Gasteiger partial charge in [0, 0.05) is 6.54 Å². The normalized spacial score (nSPS) is 15.7. The van der Waals surface area contributed by atoms with Crippen LogP contribution in [0.4, 0.5) is 11.9 Å². The Hall–Kier alpha value is -2.29. The average Bonchev–Trinajstić information content (AvgIpc) is 3.05. The van der Waals surface area contributed by atoms with Gasteiger partial charge in [0.1, 0.15) is 12.7 Å². The van der Waals surface area contributed by atoms with Crippen LogP contribution < -0.4 is 10.6 Å². The molecule has 112 valence electrons. The van der Waals surface area contributed by atoms with Crippen LogP contribution in [0.15, 0.2) is 12.7 Å². The lowest BCUT2D eigenvalue weighted by Crippen LogP contribution is -2.27. The summed E-state index contributed by atoms with van der Waals surface area (Å²) in [6.45, 7) is 2.90. The Labute approximate surface area is 121 Å². The van der Waals surface area contributed by atoms with E-state index in [2.05, 4.69) is 42.6 Å². The second-order valence-electron chi connectivity index (χ2n) is 5.11. The van der Waals surface area contributed by atoms with Gasteiger partial charge in [0.05, 0.1) is 12.1 Å². The summed E-state index contributed by atoms with van der Waals surface area (Å²) in [6, 6.07) is 0. The molecule has 1 saturated carbocycles. The van der Waals surface area contributed by atoms with Gasteiger partial charge in [-0.25, -0.2) is 4.98 Å². The van der Waals surface area contributed by atoms with Gasteiger partial charge in [-0.3, -0.25) is 0 Å². The second kappa shape index (κ2) is 5.60. The summed E-state index contributed by atoms with van der Waals surface area (Å²) in [7, 11) is 0. The standard InChI is InChI=1S/C12H18N8O/c1-2-5-14-9-16-10(19-12(6-21)3-4-12)18-11(17-9)20-8-13-7-15-20/h7-8,21H,2-6H2,1H3,(H2,14,16,17,18,19). The van der Waals surface area contributed by atoms with E-state index in [9.17, 15) is 5.11 Å². The molecule has 3 rings (SSSR count). The first kappa shape index (κ1) is 13.7. The SMILES string of the molecule is CCCNc1nc(NC2(CO)CC2)nc(-n2cncn2)n1. The third-order valence-corrected chi connectivity index (χ3v) is 3.31. The van der Waals surface area contributed by atoms with Gasteiger partial charge in [-0.1, -0.05) is 6.92 Å². The zero-order chi connectivity index (χ0) is 14.7. The highest BCUT2D eigenvalue weighted by atomic mass is 16.3. The predicted molar refractivity (Wildman–Crippen MR) is 76.2 cm³/mol. The molecule has 0 spiro atoms. The van der Waals surface area contributed by atoms with Gasteiger partial charge in [0.25, 0.3) is 5.95 Å². The van der Waals surface area contributed by atoms with Gasteiger partial charge in [-0.2, -0.15) is 24.7 Å². The van der Waals surface area contributed by atoms with Crippen molar-refractivity contribution in [1.82, 2.24) is 29.7 Å². The molecule has 9 nitrogen and oxygen atoms in total. The molecule has 0 radical (unpaired) electrons. The topological polar surface area (TPSA) is 114 Å². The minimum Gasteiger partial charge on any atom is -0.394 e. The molecule has 0 unspecified atom stereocenters. The van der Waals surface area contributed by atoms with Crippen molar-refractivity contribution in [2.75, 3.05) is 23.8 Å². The highest BCUT2D eigenvalue weighted by Crippen LogP contribution is 2.37. The average molecular weight is 290 g/mol. The maximum atomic E-state index is 9.40. The number of hydrogen-bond acceptors (Lipinski definition) is 8. The van der Waals surface area contributed by atoms with Crippen molar-refractivity contribution in [2.45, 2.75) is 31.7 Å². The third kappa shape index (κ3) is 3.07. The van der Waals surface area contributed by atoms with Crippen LogP contribution in [0.3, 0.4) is 0 Å². The smallest absolute Gasteiger partial charge is 0.258 e. The first-order valence-electron chi connectivity index (χ1n) is 6.99. The van der Waals surface area contributed by atoms with E-state index >= 15 is 0 Å². The van der Waals surface area contributed by atoms with Crippen LogP contribution in [0, 0.1) is 0 Å². The number of anilines is 2. The molecular formula is C12H18N8O. The zero-order valence-corrected chi connectivity index (χ0v) is 11.8. The van der Waals surface area contributed by atoms with Crippen LogP contribution >= 0.6 is 0 Å². The number of hydrogen-bond donors (Lipinski definition) is 3. The fourth-order valence-corrected chi connectivity index (χ4v) is 1.86. The van der Waals surface area contributed by atoms with Gasteiger partial charge >= 0.3 is 0 Å². The third-order valence-electron chi connectivity index (χ3n) is 3.31. The van der Waals surface area contributed by atoms with Crippen LogP contribution in [0.25, 0.3) is 5.95 Å². The molecule has 2 heterocycles. The Morgan fingerprint density at radius 3 is 2.71 bits per heavy atom. The van der Waals surface area contributed by atoms with Gasteiger partial charge in [0.2, 0.25) is 11.9 Å². The molecule has 0 amide bonds. The molecule has 1 aliphatic rings. The van der Waals surface area contributed by atoms with Crippen molar-refractivity contribution in [3.05, 3.63) is 12.7 Å². The summed E-state index contributed by atoms with van der Waals surface area (Å²) in [6.07, 6.45) is 5.73.